The Hall–Kier alpha value is -1.12. The summed E-state index contributed by atoms with van der Waals surface area (Å²) in [7, 11) is 0. The molecule has 0 saturated carbocycles. The highest BCUT2D eigenvalue weighted by molar-refractivity contribution is 5.43. The van der Waals surface area contributed by atoms with E-state index in [1.165, 1.54) is 17.5 Å². The van der Waals surface area contributed by atoms with Gasteiger partial charge in [-0.15, -0.1) is 0 Å². The molecule has 2 aliphatic rings. The maximum atomic E-state index is 9.20. The van der Waals surface area contributed by atoms with Crippen molar-refractivity contribution in [2.75, 3.05) is 6.61 Å². The smallest absolute Gasteiger partial charge is 0.0494 e. The van der Waals surface area contributed by atoms with Crippen LogP contribution in [0, 0.1) is 12.8 Å². The zero-order chi connectivity index (χ0) is 13.4. The van der Waals surface area contributed by atoms with Gasteiger partial charge < -0.3 is 10.4 Å². The van der Waals surface area contributed by atoms with Gasteiger partial charge in [-0.1, -0.05) is 37.3 Å². The molecule has 0 bridgehead atoms. The third-order valence-corrected chi connectivity index (χ3v) is 4.64. The molecule has 102 valence electrons. The van der Waals surface area contributed by atoms with Crippen molar-refractivity contribution in [2.45, 2.75) is 44.7 Å². The van der Waals surface area contributed by atoms with E-state index in [2.05, 4.69) is 49.5 Å². The fourth-order valence-electron chi connectivity index (χ4n) is 3.73. The normalized spacial score (nSPS) is 32.8. The summed E-state index contributed by atoms with van der Waals surface area (Å²) in [5.41, 5.74) is 4.44. The molecule has 0 amide bonds. The van der Waals surface area contributed by atoms with Crippen LogP contribution in [0.25, 0.3) is 0 Å². The first kappa shape index (κ1) is 12.9. The number of hydrogen-bond donors (Lipinski definition) is 2. The fourth-order valence-corrected chi connectivity index (χ4v) is 3.73. The van der Waals surface area contributed by atoms with Gasteiger partial charge in [-0.05, 0) is 42.4 Å². The van der Waals surface area contributed by atoms with Crippen molar-refractivity contribution >= 4 is 0 Å². The maximum Gasteiger partial charge on any atom is 0.0494 e. The molecule has 1 aromatic rings. The van der Waals surface area contributed by atoms with Gasteiger partial charge in [0.15, 0.2) is 0 Å². The Morgan fingerprint density at radius 1 is 1.26 bits per heavy atom. The molecule has 0 radical (unpaired) electrons. The van der Waals surface area contributed by atoms with Gasteiger partial charge in [0.1, 0.15) is 0 Å². The van der Waals surface area contributed by atoms with Crippen molar-refractivity contribution in [1.82, 2.24) is 5.32 Å². The van der Waals surface area contributed by atoms with E-state index in [-0.39, 0.29) is 6.61 Å². The molecule has 0 unspecified atom stereocenters. The van der Waals surface area contributed by atoms with Crippen LogP contribution in [0.5, 0.6) is 0 Å². The average Bonchev–Trinajstić information content (AvgIpc) is 2.96. The zero-order valence-electron chi connectivity index (χ0n) is 11.8. The molecular formula is C17H23NO. The lowest BCUT2D eigenvalue weighted by Gasteiger charge is -2.20. The van der Waals surface area contributed by atoms with Gasteiger partial charge in [0, 0.05) is 24.6 Å². The third-order valence-electron chi connectivity index (χ3n) is 4.64. The van der Waals surface area contributed by atoms with Crippen LogP contribution in [-0.4, -0.2) is 17.8 Å². The molecule has 19 heavy (non-hydrogen) atoms. The maximum absolute atomic E-state index is 9.20. The predicted molar refractivity (Wildman–Crippen MR) is 78.2 cm³/mol. The van der Waals surface area contributed by atoms with Crippen LogP contribution in [0.2, 0.25) is 0 Å². The van der Waals surface area contributed by atoms with Crippen LogP contribution < -0.4 is 5.32 Å². The van der Waals surface area contributed by atoms with E-state index in [0.29, 0.717) is 23.9 Å². The molecule has 0 heterocycles. The first-order valence-electron chi connectivity index (χ1n) is 7.33. The van der Waals surface area contributed by atoms with E-state index in [1.54, 1.807) is 5.56 Å². The van der Waals surface area contributed by atoms with Crippen molar-refractivity contribution in [2.24, 2.45) is 5.92 Å². The van der Waals surface area contributed by atoms with Crippen molar-refractivity contribution < 1.29 is 5.11 Å². The van der Waals surface area contributed by atoms with E-state index in [9.17, 15) is 5.11 Å². The van der Waals surface area contributed by atoms with Gasteiger partial charge in [-0.2, -0.15) is 0 Å². The molecule has 0 fully saturated rings. The number of aliphatic hydroxyl groups is 1. The van der Waals surface area contributed by atoms with Crippen LogP contribution in [0.15, 0.2) is 30.4 Å². The molecule has 0 aliphatic heterocycles. The Balaban J connectivity index is 1.75. The highest BCUT2D eigenvalue weighted by atomic mass is 16.3. The molecular weight excluding hydrogens is 234 g/mol. The third kappa shape index (κ3) is 2.35. The first-order chi connectivity index (χ1) is 9.19. The summed E-state index contributed by atoms with van der Waals surface area (Å²) in [5.74, 6) is 0.987. The van der Waals surface area contributed by atoms with Crippen LogP contribution >= 0.6 is 0 Å². The standard InChI is InChI=1S/C17H23NO/c1-11-4-3-5-15-16(8-12(2)17(11)15)18-14-7-6-13(9-14)10-19/h3-7,12-14,16,18-19H,8-10H2,1-2H3/t12-,13+,14-,16+/m1/s1. The molecule has 2 nitrogen and oxygen atoms in total. The second kappa shape index (κ2) is 5.10. The molecule has 0 aromatic heterocycles. The first-order valence-corrected chi connectivity index (χ1v) is 7.33. The van der Waals surface area contributed by atoms with Crippen molar-refractivity contribution in [3.63, 3.8) is 0 Å². The molecule has 2 N–H and O–H groups in total. The van der Waals surface area contributed by atoms with Gasteiger partial charge in [-0.25, -0.2) is 0 Å². The van der Waals surface area contributed by atoms with E-state index >= 15 is 0 Å². The predicted octanol–water partition coefficient (Wildman–Crippen LogP) is 3.07. The van der Waals surface area contributed by atoms with Gasteiger partial charge in [0.25, 0.3) is 0 Å². The van der Waals surface area contributed by atoms with Crippen LogP contribution in [-0.2, 0) is 0 Å². The Morgan fingerprint density at radius 3 is 2.84 bits per heavy atom. The SMILES string of the molecule is Cc1cccc2c1[C@H](C)C[C@@H]2N[C@@H]1C=C[C@H](CO)C1. The van der Waals surface area contributed by atoms with Gasteiger partial charge in [0.05, 0.1) is 0 Å². The summed E-state index contributed by atoms with van der Waals surface area (Å²) in [6.07, 6.45) is 6.59. The largest absolute Gasteiger partial charge is 0.396 e. The van der Waals surface area contributed by atoms with E-state index in [1.807, 2.05) is 0 Å². The molecule has 2 aliphatic carbocycles. The Morgan fingerprint density at radius 2 is 2.11 bits per heavy atom. The van der Waals surface area contributed by atoms with Gasteiger partial charge >= 0.3 is 0 Å². The topological polar surface area (TPSA) is 32.3 Å². The minimum absolute atomic E-state index is 0.269. The monoisotopic (exact) mass is 257 g/mol. The molecule has 3 rings (SSSR count). The number of benzene rings is 1. The van der Waals surface area contributed by atoms with Crippen molar-refractivity contribution in [3.8, 4) is 0 Å². The van der Waals surface area contributed by atoms with Crippen LogP contribution in [0.4, 0.5) is 0 Å². The lowest BCUT2D eigenvalue weighted by Crippen LogP contribution is -2.29. The molecule has 2 heteroatoms. The summed E-state index contributed by atoms with van der Waals surface area (Å²) >= 11 is 0. The summed E-state index contributed by atoms with van der Waals surface area (Å²) < 4.78 is 0. The number of aryl methyl sites for hydroxylation is 1. The van der Waals surface area contributed by atoms with Crippen molar-refractivity contribution in [3.05, 3.63) is 47.0 Å². The Bertz CT molecular complexity index is 494. The van der Waals surface area contributed by atoms with E-state index in [4.69, 9.17) is 0 Å². The van der Waals surface area contributed by atoms with Gasteiger partial charge in [-0.3, -0.25) is 0 Å². The number of fused-ring (bicyclic) bond motifs is 1. The quantitative estimate of drug-likeness (QED) is 0.816. The van der Waals surface area contributed by atoms with Crippen LogP contribution in [0.1, 0.15) is 48.4 Å². The number of aliphatic hydroxyl groups excluding tert-OH is 1. The van der Waals surface area contributed by atoms with Gasteiger partial charge in [0.2, 0.25) is 0 Å². The Kier molecular flexibility index (Phi) is 3.46. The summed E-state index contributed by atoms with van der Waals surface area (Å²) in [6, 6.07) is 7.54. The number of rotatable bonds is 3. The van der Waals surface area contributed by atoms with Crippen molar-refractivity contribution in [1.29, 1.82) is 0 Å². The highest BCUT2D eigenvalue weighted by Crippen LogP contribution is 2.42. The summed E-state index contributed by atoms with van der Waals surface area (Å²) in [6.45, 7) is 4.81. The highest BCUT2D eigenvalue weighted by Gasteiger charge is 2.31. The fraction of sp³-hybridized carbons (Fsp3) is 0.529. The number of nitrogens with one attached hydrogen (secondary N) is 1. The molecule has 4 atom stereocenters. The van der Waals surface area contributed by atoms with Crippen LogP contribution in [0.3, 0.4) is 0 Å². The zero-order valence-corrected chi connectivity index (χ0v) is 11.8. The number of hydrogen-bond acceptors (Lipinski definition) is 2. The Labute approximate surface area is 115 Å². The lowest BCUT2D eigenvalue weighted by atomic mass is 9.98. The summed E-state index contributed by atoms with van der Waals surface area (Å²) in [4.78, 5) is 0. The second-order valence-electron chi connectivity index (χ2n) is 6.10. The van der Waals surface area contributed by atoms with E-state index in [0.717, 1.165) is 6.42 Å². The molecule has 0 saturated heterocycles. The lowest BCUT2D eigenvalue weighted by molar-refractivity contribution is 0.244. The average molecular weight is 257 g/mol. The second-order valence-corrected chi connectivity index (χ2v) is 6.10. The molecule has 1 aromatic carbocycles. The summed E-state index contributed by atoms with van der Waals surface area (Å²) in [5, 5.41) is 13.0. The van der Waals surface area contributed by atoms with E-state index < -0.39 is 0 Å². The minimum atomic E-state index is 0.269. The minimum Gasteiger partial charge on any atom is -0.396 e. The molecule has 0 spiro atoms.